The summed E-state index contributed by atoms with van der Waals surface area (Å²) in [7, 11) is -2.66. The minimum atomic E-state index is -4.06. The van der Waals surface area contributed by atoms with E-state index in [1.165, 1.54) is 43.5 Å². The second kappa shape index (κ2) is 10.2. The maximum atomic E-state index is 12.5. The van der Waals surface area contributed by atoms with E-state index >= 15 is 0 Å². The summed E-state index contributed by atoms with van der Waals surface area (Å²) in [5, 5.41) is 3.17. The van der Waals surface area contributed by atoms with Crippen LogP contribution in [0.5, 0.6) is 11.5 Å². The molecule has 9 heteroatoms. The zero-order chi connectivity index (χ0) is 22.4. The van der Waals surface area contributed by atoms with Gasteiger partial charge in [0.15, 0.2) is 11.5 Å². The summed E-state index contributed by atoms with van der Waals surface area (Å²) in [4.78, 5) is 12.1. The predicted octanol–water partition coefficient (Wildman–Crippen LogP) is 5.37. The Bertz CT molecular complexity index is 1210. The molecule has 1 amide bonds. The number of amides is 1. The van der Waals surface area contributed by atoms with Gasteiger partial charge < -0.3 is 14.2 Å². The molecule has 31 heavy (non-hydrogen) atoms. The van der Waals surface area contributed by atoms with Crippen LogP contribution >= 0.6 is 34.2 Å². The number of benzene rings is 3. The molecule has 0 saturated carbocycles. The molecule has 0 radical (unpaired) electrons. The number of carbonyl (C=O) groups is 1. The second-order valence-corrected chi connectivity index (χ2v) is 9.46. The van der Waals surface area contributed by atoms with Crippen LogP contribution in [0.2, 0.25) is 5.02 Å². The normalized spacial score (nSPS) is 11.3. The third kappa shape index (κ3) is 6.46. The highest BCUT2D eigenvalue weighted by molar-refractivity contribution is 14.1. The first-order valence-corrected chi connectivity index (χ1v) is 11.8. The van der Waals surface area contributed by atoms with Crippen LogP contribution in [0, 0.1) is 3.57 Å². The Morgan fingerprint density at radius 1 is 1.00 bits per heavy atom. The number of halogens is 2. The summed E-state index contributed by atoms with van der Waals surface area (Å²) in [5.41, 5.74) is 1.31. The summed E-state index contributed by atoms with van der Waals surface area (Å²) in [5.74, 6) is -0.0681. The summed E-state index contributed by atoms with van der Waals surface area (Å²) in [6, 6.07) is 17.7. The zero-order valence-electron chi connectivity index (χ0n) is 16.2. The Balaban J connectivity index is 1.73. The molecule has 6 nitrogen and oxygen atoms in total. The Morgan fingerprint density at radius 3 is 2.32 bits per heavy atom. The molecular weight excluding hydrogens is 553 g/mol. The van der Waals surface area contributed by atoms with Gasteiger partial charge in [-0.1, -0.05) is 17.7 Å². The predicted molar refractivity (Wildman–Crippen MR) is 129 cm³/mol. The zero-order valence-corrected chi connectivity index (χ0v) is 19.9. The Morgan fingerprint density at radius 2 is 1.68 bits per heavy atom. The highest BCUT2D eigenvalue weighted by atomic mass is 127. The van der Waals surface area contributed by atoms with E-state index in [1.807, 2.05) is 24.3 Å². The molecule has 0 aromatic heterocycles. The van der Waals surface area contributed by atoms with Crippen molar-refractivity contribution in [2.45, 2.75) is 4.90 Å². The van der Waals surface area contributed by atoms with Crippen molar-refractivity contribution in [3.8, 4) is 11.5 Å². The van der Waals surface area contributed by atoms with Gasteiger partial charge in [-0.05, 0) is 94.9 Å². The van der Waals surface area contributed by atoms with Gasteiger partial charge in [0, 0.05) is 20.4 Å². The third-order valence-corrected chi connectivity index (χ3v) is 6.25. The van der Waals surface area contributed by atoms with Crippen LogP contribution < -0.4 is 14.2 Å². The van der Waals surface area contributed by atoms with Crippen molar-refractivity contribution in [2.75, 3.05) is 12.4 Å². The SMILES string of the molecule is COc1cc(C=CC(=O)Nc2ccc(I)cc2)ccc1OS(=O)(=O)c1ccc(Cl)cc1. The van der Waals surface area contributed by atoms with Crippen molar-refractivity contribution >= 4 is 62.0 Å². The molecule has 0 unspecified atom stereocenters. The van der Waals surface area contributed by atoms with Crippen molar-refractivity contribution in [1.82, 2.24) is 0 Å². The van der Waals surface area contributed by atoms with E-state index in [-0.39, 0.29) is 22.3 Å². The van der Waals surface area contributed by atoms with Crippen LogP contribution in [0.3, 0.4) is 0 Å². The fourth-order valence-electron chi connectivity index (χ4n) is 2.51. The van der Waals surface area contributed by atoms with E-state index in [4.69, 9.17) is 20.5 Å². The summed E-state index contributed by atoms with van der Waals surface area (Å²) >= 11 is 7.98. The summed E-state index contributed by atoms with van der Waals surface area (Å²) in [6.07, 6.45) is 2.96. The van der Waals surface area contributed by atoms with Crippen LogP contribution in [0.25, 0.3) is 6.08 Å². The van der Waals surface area contributed by atoms with E-state index in [2.05, 4.69) is 27.9 Å². The molecule has 0 aliphatic rings. The number of hydrogen-bond donors (Lipinski definition) is 1. The van der Waals surface area contributed by atoms with Crippen molar-refractivity contribution < 1.29 is 22.1 Å². The van der Waals surface area contributed by atoms with Crippen LogP contribution in [-0.4, -0.2) is 21.4 Å². The summed E-state index contributed by atoms with van der Waals surface area (Å²) in [6.45, 7) is 0. The van der Waals surface area contributed by atoms with Crippen LogP contribution in [0.4, 0.5) is 5.69 Å². The average Bonchev–Trinajstić information content (AvgIpc) is 2.74. The number of rotatable bonds is 7. The molecule has 3 aromatic carbocycles. The molecule has 3 aromatic rings. The van der Waals surface area contributed by atoms with E-state index < -0.39 is 10.1 Å². The molecule has 0 heterocycles. The van der Waals surface area contributed by atoms with Gasteiger partial charge in [0.25, 0.3) is 0 Å². The van der Waals surface area contributed by atoms with Crippen LogP contribution in [-0.2, 0) is 14.9 Å². The minimum absolute atomic E-state index is 0.0259. The molecule has 0 bridgehead atoms. The monoisotopic (exact) mass is 569 g/mol. The van der Waals surface area contributed by atoms with Crippen LogP contribution in [0.15, 0.2) is 77.7 Å². The van der Waals surface area contributed by atoms with Gasteiger partial charge in [0.2, 0.25) is 5.91 Å². The van der Waals surface area contributed by atoms with Gasteiger partial charge in [-0.2, -0.15) is 8.42 Å². The first kappa shape index (κ1) is 23.1. The van der Waals surface area contributed by atoms with Crippen molar-refractivity contribution in [1.29, 1.82) is 0 Å². The number of hydrogen-bond acceptors (Lipinski definition) is 5. The first-order chi connectivity index (χ1) is 14.8. The number of anilines is 1. The lowest BCUT2D eigenvalue weighted by atomic mass is 10.2. The van der Waals surface area contributed by atoms with Gasteiger partial charge in [-0.25, -0.2) is 0 Å². The largest absolute Gasteiger partial charge is 0.493 e. The molecule has 0 fully saturated rings. The lowest BCUT2D eigenvalue weighted by Gasteiger charge is -2.11. The van der Waals surface area contributed by atoms with Crippen molar-refractivity contribution in [3.05, 3.63) is 87.0 Å². The third-order valence-electron chi connectivity index (χ3n) is 4.03. The highest BCUT2D eigenvalue weighted by Gasteiger charge is 2.19. The lowest BCUT2D eigenvalue weighted by molar-refractivity contribution is -0.111. The molecular formula is C22H17ClINO5S. The molecule has 0 spiro atoms. The number of nitrogens with one attached hydrogen (secondary N) is 1. The van der Waals surface area contributed by atoms with E-state index in [0.717, 1.165) is 3.57 Å². The van der Waals surface area contributed by atoms with E-state index in [1.54, 1.807) is 18.2 Å². The molecule has 1 N–H and O–H groups in total. The minimum Gasteiger partial charge on any atom is -0.493 e. The summed E-state index contributed by atoms with van der Waals surface area (Å²) < 4.78 is 36.5. The number of methoxy groups -OCH3 is 1. The Labute approximate surface area is 199 Å². The quantitative estimate of drug-likeness (QED) is 0.235. The smallest absolute Gasteiger partial charge is 0.339 e. The Hall–Kier alpha value is -2.56. The van der Waals surface area contributed by atoms with E-state index in [0.29, 0.717) is 16.3 Å². The van der Waals surface area contributed by atoms with Crippen molar-refractivity contribution in [3.63, 3.8) is 0 Å². The van der Waals surface area contributed by atoms with Gasteiger partial charge >= 0.3 is 10.1 Å². The fourth-order valence-corrected chi connectivity index (χ4v) is 3.94. The standard InChI is InChI=1S/C22H17ClINO5S/c1-29-21-14-15(3-13-22(26)25-18-8-6-17(24)7-9-18)2-12-20(21)30-31(27,28)19-10-4-16(23)5-11-19/h2-14H,1H3,(H,25,26). The molecule has 160 valence electrons. The number of carbonyl (C=O) groups excluding carboxylic acids is 1. The lowest BCUT2D eigenvalue weighted by Crippen LogP contribution is -2.10. The van der Waals surface area contributed by atoms with E-state index in [9.17, 15) is 13.2 Å². The second-order valence-electron chi connectivity index (χ2n) is 6.23. The van der Waals surface area contributed by atoms with Crippen LogP contribution in [0.1, 0.15) is 5.56 Å². The Kier molecular flexibility index (Phi) is 7.58. The molecule has 0 aliphatic carbocycles. The molecule has 0 saturated heterocycles. The topological polar surface area (TPSA) is 81.7 Å². The highest BCUT2D eigenvalue weighted by Crippen LogP contribution is 2.31. The first-order valence-electron chi connectivity index (χ1n) is 8.89. The maximum absolute atomic E-state index is 12.5. The number of ether oxygens (including phenoxy) is 1. The van der Waals surface area contributed by atoms with Gasteiger partial charge in [0.05, 0.1) is 7.11 Å². The van der Waals surface area contributed by atoms with Crippen molar-refractivity contribution in [2.24, 2.45) is 0 Å². The molecule has 0 atom stereocenters. The average molecular weight is 570 g/mol. The fraction of sp³-hybridized carbons (Fsp3) is 0.0455. The van der Waals surface area contributed by atoms with Gasteiger partial charge in [-0.15, -0.1) is 0 Å². The van der Waals surface area contributed by atoms with Gasteiger partial charge in [-0.3, -0.25) is 4.79 Å². The van der Waals surface area contributed by atoms with Gasteiger partial charge in [0.1, 0.15) is 4.90 Å². The molecule has 0 aliphatic heterocycles. The maximum Gasteiger partial charge on any atom is 0.339 e. The molecule has 3 rings (SSSR count).